The molecule has 80 valence electrons. The Labute approximate surface area is 89.7 Å². The van der Waals surface area contributed by atoms with Gasteiger partial charge in [0.1, 0.15) is 12.4 Å². The number of hydrogen-bond acceptors (Lipinski definition) is 3. The molecule has 0 saturated carbocycles. The first-order chi connectivity index (χ1) is 7.36. The van der Waals surface area contributed by atoms with E-state index in [9.17, 15) is 4.79 Å². The number of benzene rings is 1. The van der Waals surface area contributed by atoms with Crippen LogP contribution in [0.25, 0.3) is 0 Å². The summed E-state index contributed by atoms with van der Waals surface area (Å²) in [5.74, 6) is 0. The first-order valence-corrected chi connectivity index (χ1v) is 5.04. The fraction of sp³-hybridized carbons (Fsp3) is 0.333. The zero-order valence-electron chi connectivity index (χ0n) is 8.80. The number of rotatable bonds is 6. The maximum atomic E-state index is 10.3. The summed E-state index contributed by atoms with van der Waals surface area (Å²) >= 11 is 0. The Morgan fingerprint density at radius 3 is 2.73 bits per heavy atom. The molecule has 0 amide bonds. The Kier molecular flexibility index (Phi) is 5.15. The molecule has 0 aliphatic heterocycles. The van der Waals surface area contributed by atoms with Crippen LogP contribution >= 0.6 is 0 Å². The van der Waals surface area contributed by atoms with Crippen LogP contribution in [0, 0.1) is 0 Å². The molecule has 1 rings (SSSR count). The highest BCUT2D eigenvalue weighted by atomic mass is 16.6. The molecule has 1 atom stereocenters. The highest BCUT2D eigenvalue weighted by molar-refractivity contribution is 5.78. The molecule has 0 spiro atoms. The molecule has 0 aliphatic rings. The molecule has 0 saturated heterocycles. The van der Waals surface area contributed by atoms with Crippen molar-refractivity contribution >= 4 is 12.5 Å². The minimum absolute atomic E-state index is 0.109. The number of carbonyl (C=O) groups excluding carboxylic acids is 1. The topological polar surface area (TPSA) is 38.7 Å². The van der Waals surface area contributed by atoms with Crippen molar-refractivity contribution in [3.05, 3.63) is 35.9 Å². The predicted molar refractivity (Wildman–Crippen MR) is 59.9 cm³/mol. The standard InChI is InChI=1S/C12H15NO2/c1-2-12(8-9-14)15-13-10-11-6-4-3-5-7-11/h3-7,9-10,12H,2,8H2,1H3/b13-10+. The van der Waals surface area contributed by atoms with Crippen molar-refractivity contribution in [1.82, 2.24) is 0 Å². The molecule has 15 heavy (non-hydrogen) atoms. The third-order valence-corrected chi connectivity index (χ3v) is 2.03. The third-order valence-electron chi connectivity index (χ3n) is 2.03. The second-order valence-electron chi connectivity index (χ2n) is 3.18. The summed E-state index contributed by atoms with van der Waals surface area (Å²) in [6.07, 6.45) is 3.56. The quantitative estimate of drug-likeness (QED) is 0.406. The Hall–Kier alpha value is -1.64. The molecule has 0 radical (unpaired) electrons. The van der Waals surface area contributed by atoms with Crippen molar-refractivity contribution in [2.24, 2.45) is 5.16 Å². The molecule has 0 N–H and O–H groups in total. The van der Waals surface area contributed by atoms with E-state index in [0.717, 1.165) is 18.3 Å². The maximum Gasteiger partial charge on any atom is 0.133 e. The smallest absolute Gasteiger partial charge is 0.133 e. The first kappa shape index (κ1) is 11.4. The monoisotopic (exact) mass is 205 g/mol. The molecule has 3 nitrogen and oxygen atoms in total. The van der Waals surface area contributed by atoms with Crippen LogP contribution in [0.15, 0.2) is 35.5 Å². The molecular weight excluding hydrogens is 190 g/mol. The Balaban J connectivity index is 2.41. The molecule has 0 fully saturated rings. The number of oxime groups is 1. The second kappa shape index (κ2) is 6.76. The van der Waals surface area contributed by atoms with Gasteiger partial charge >= 0.3 is 0 Å². The zero-order chi connectivity index (χ0) is 10.9. The van der Waals surface area contributed by atoms with Crippen molar-refractivity contribution in [3.8, 4) is 0 Å². The van der Waals surface area contributed by atoms with E-state index in [2.05, 4.69) is 5.16 Å². The summed E-state index contributed by atoms with van der Waals surface area (Å²) in [4.78, 5) is 15.4. The van der Waals surface area contributed by atoms with Crippen molar-refractivity contribution in [1.29, 1.82) is 0 Å². The van der Waals surface area contributed by atoms with Crippen molar-refractivity contribution in [3.63, 3.8) is 0 Å². The fourth-order valence-corrected chi connectivity index (χ4v) is 1.11. The SMILES string of the molecule is CCC(CC=O)O/N=C/c1ccccc1. The van der Waals surface area contributed by atoms with Gasteiger partial charge in [-0.1, -0.05) is 42.4 Å². The molecule has 1 aromatic carbocycles. The van der Waals surface area contributed by atoms with Crippen LogP contribution in [0.5, 0.6) is 0 Å². The van der Waals surface area contributed by atoms with Crippen LogP contribution < -0.4 is 0 Å². The Bertz CT molecular complexity index is 309. The van der Waals surface area contributed by atoms with E-state index in [1.54, 1.807) is 6.21 Å². The molecule has 3 heteroatoms. The van der Waals surface area contributed by atoms with Gasteiger partial charge in [0.2, 0.25) is 0 Å². The summed E-state index contributed by atoms with van der Waals surface area (Å²) < 4.78 is 0. The van der Waals surface area contributed by atoms with E-state index in [1.807, 2.05) is 37.3 Å². The zero-order valence-corrected chi connectivity index (χ0v) is 8.80. The summed E-state index contributed by atoms with van der Waals surface area (Å²) in [5.41, 5.74) is 0.985. The largest absolute Gasteiger partial charge is 0.392 e. The second-order valence-corrected chi connectivity index (χ2v) is 3.18. The van der Waals surface area contributed by atoms with Crippen LogP contribution in [-0.4, -0.2) is 18.6 Å². The highest BCUT2D eigenvalue weighted by Gasteiger charge is 2.04. The van der Waals surface area contributed by atoms with Gasteiger partial charge in [-0.05, 0) is 12.0 Å². The predicted octanol–water partition coefficient (Wildman–Crippen LogP) is 2.40. The van der Waals surface area contributed by atoms with E-state index in [-0.39, 0.29) is 6.10 Å². The third kappa shape index (κ3) is 4.40. The van der Waals surface area contributed by atoms with Gasteiger partial charge in [-0.15, -0.1) is 0 Å². The highest BCUT2D eigenvalue weighted by Crippen LogP contribution is 2.02. The van der Waals surface area contributed by atoms with Crippen LogP contribution in [0.3, 0.4) is 0 Å². The van der Waals surface area contributed by atoms with Gasteiger partial charge in [0.25, 0.3) is 0 Å². The van der Waals surface area contributed by atoms with Crippen LogP contribution in [0.2, 0.25) is 0 Å². The lowest BCUT2D eigenvalue weighted by Crippen LogP contribution is -2.08. The van der Waals surface area contributed by atoms with Gasteiger partial charge < -0.3 is 9.63 Å². The van der Waals surface area contributed by atoms with Crippen LogP contribution in [0.4, 0.5) is 0 Å². The van der Waals surface area contributed by atoms with E-state index in [0.29, 0.717) is 6.42 Å². The van der Waals surface area contributed by atoms with Gasteiger partial charge in [-0.2, -0.15) is 0 Å². The minimum atomic E-state index is -0.109. The number of nitrogens with zero attached hydrogens (tertiary/aromatic N) is 1. The summed E-state index contributed by atoms with van der Waals surface area (Å²) in [6.45, 7) is 1.96. The fourth-order valence-electron chi connectivity index (χ4n) is 1.11. The summed E-state index contributed by atoms with van der Waals surface area (Å²) in [5, 5.41) is 3.85. The summed E-state index contributed by atoms with van der Waals surface area (Å²) in [7, 11) is 0. The molecule has 0 bridgehead atoms. The van der Waals surface area contributed by atoms with E-state index in [1.165, 1.54) is 0 Å². The number of carbonyl (C=O) groups is 1. The minimum Gasteiger partial charge on any atom is -0.392 e. The average molecular weight is 205 g/mol. The molecular formula is C12H15NO2. The van der Waals surface area contributed by atoms with Gasteiger partial charge in [-0.25, -0.2) is 0 Å². The van der Waals surface area contributed by atoms with E-state index in [4.69, 9.17) is 4.84 Å². The van der Waals surface area contributed by atoms with Gasteiger partial charge in [0, 0.05) is 6.42 Å². The van der Waals surface area contributed by atoms with E-state index < -0.39 is 0 Å². The number of aldehydes is 1. The average Bonchev–Trinajstić information content (AvgIpc) is 2.29. The lowest BCUT2D eigenvalue weighted by molar-refractivity contribution is -0.110. The van der Waals surface area contributed by atoms with Crippen LogP contribution in [0.1, 0.15) is 25.3 Å². The van der Waals surface area contributed by atoms with Gasteiger partial charge in [-0.3, -0.25) is 0 Å². The van der Waals surface area contributed by atoms with Crippen molar-refractivity contribution < 1.29 is 9.63 Å². The van der Waals surface area contributed by atoms with Crippen molar-refractivity contribution in [2.75, 3.05) is 0 Å². The molecule has 1 aromatic rings. The lowest BCUT2D eigenvalue weighted by Gasteiger charge is -2.07. The lowest BCUT2D eigenvalue weighted by atomic mass is 10.2. The molecule has 0 heterocycles. The van der Waals surface area contributed by atoms with E-state index >= 15 is 0 Å². The molecule has 0 aliphatic carbocycles. The molecule has 1 unspecified atom stereocenters. The normalized spacial score (nSPS) is 12.6. The van der Waals surface area contributed by atoms with Gasteiger partial charge in [0.05, 0.1) is 6.21 Å². The maximum absolute atomic E-state index is 10.3. The van der Waals surface area contributed by atoms with Crippen molar-refractivity contribution in [2.45, 2.75) is 25.9 Å². The Morgan fingerprint density at radius 1 is 1.40 bits per heavy atom. The van der Waals surface area contributed by atoms with Gasteiger partial charge in [0.15, 0.2) is 0 Å². The molecule has 0 aromatic heterocycles. The Morgan fingerprint density at radius 2 is 2.13 bits per heavy atom. The van der Waals surface area contributed by atoms with Crippen LogP contribution in [-0.2, 0) is 9.63 Å². The summed E-state index contributed by atoms with van der Waals surface area (Å²) in [6, 6.07) is 9.69. The number of hydrogen-bond donors (Lipinski definition) is 0. The first-order valence-electron chi connectivity index (χ1n) is 5.04.